The number of nitrogens with zero attached hydrogens (tertiary/aromatic N) is 1. The summed E-state index contributed by atoms with van der Waals surface area (Å²) in [6.45, 7) is 10.1. The molecule has 0 atom stereocenters. The van der Waals surface area contributed by atoms with E-state index >= 15 is 0 Å². The van der Waals surface area contributed by atoms with E-state index in [-0.39, 0.29) is 0 Å². The quantitative estimate of drug-likeness (QED) is 0.678. The topological polar surface area (TPSA) is 30.8 Å². The van der Waals surface area contributed by atoms with Gasteiger partial charge in [-0.2, -0.15) is 0 Å². The lowest BCUT2D eigenvalue weighted by Gasteiger charge is -2.19. The Kier molecular flexibility index (Phi) is 2.78. The Labute approximate surface area is 118 Å². The smallest absolute Gasteiger partial charge is 0.160 e. The van der Waals surface area contributed by atoms with Crippen molar-refractivity contribution in [2.24, 2.45) is 4.99 Å². The number of aryl methyl sites for hydroxylation is 1. The van der Waals surface area contributed by atoms with Gasteiger partial charge in [0.05, 0.1) is 7.11 Å². The van der Waals surface area contributed by atoms with Crippen molar-refractivity contribution in [3.8, 4) is 17.2 Å². The number of methoxy groups -OCH3 is 1. The van der Waals surface area contributed by atoms with Gasteiger partial charge >= 0.3 is 0 Å². The second-order valence-electron chi connectivity index (χ2n) is 5.12. The minimum absolute atomic E-state index is 0.738. The van der Waals surface area contributed by atoms with Crippen molar-refractivity contribution in [1.29, 1.82) is 0 Å². The molecule has 1 aliphatic rings. The lowest BCUT2D eigenvalue weighted by molar-refractivity contribution is 0.394. The molecule has 0 aliphatic carbocycles. The Balaban J connectivity index is 2.42. The van der Waals surface area contributed by atoms with Crippen molar-refractivity contribution < 1.29 is 9.47 Å². The highest BCUT2D eigenvalue weighted by Gasteiger charge is 2.20. The predicted octanol–water partition coefficient (Wildman–Crippen LogP) is 3.09. The van der Waals surface area contributed by atoms with Crippen molar-refractivity contribution in [3.05, 3.63) is 45.5 Å². The van der Waals surface area contributed by atoms with Gasteiger partial charge in [-0.1, -0.05) is 12.6 Å². The first-order valence-electron chi connectivity index (χ1n) is 6.56. The van der Waals surface area contributed by atoms with E-state index in [1.807, 2.05) is 39.0 Å². The third-order valence-corrected chi connectivity index (χ3v) is 3.78. The van der Waals surface area contributed by atoms with E-state index in [2.05, 4.69) is 6.58 Å². The Bertz CT molecular complexity index is 822. The summed E-state index contributed by atoms with van der Waals surface area (Å²) >= 11 is 0. The van der Waals surface area contributed by atoms with Crippen LogP contribution in [0.5, 0.6) is 17.2 Å². The molecule has 2 aromatic carbocycles. The van der Waals surface area contributed by atoms with Crippen molar-refractivity contribution in [1.82, 2.24) is 0 Å². The minimum atomic E-state index is 0.738. The number of ether oxygens (including phenoxy) is 2. The third kappa shape index (κ3) is 1.70. The van der Waals surface area contributed by atoms with Gasteiger partial charge in [-0.25, -0.2) is 4.99 Å². The average molecular weight is 267 g/mol. The largest absolute Gasteiger partial charge is 0.494 e. The summed E-state index contributed by atoms with van der Waals surface area (Å²) in [6.07, 6.45) is 0. The van der Waals surface area contributed by atoms with Crippen LogP contribution in [0.1, 0.15) is 16.7 Å². The molecular weight excluding hydrogens is 250 g/mol. The molecule has 0 amide bonds. The van der Waals surface area contributed by atoms with Gasteiger partial charge in [0.15, 0.2) is 17.2 Å². The van der Waals surface area contributed by atoms with Crippen LogP contribution >= 0.6 is 0 Å². The average Bonchev–Trinajstić information content (AvgIpc) is 2.44. The normalized spacial score (nSPS) is 12.0. The molecule has 3 heteroatoms. The number of benzene rings is 2. The Hall–Kier alpha value is -2.29. The highest BCUT2D eigenvalue weighted by molar-refractivity contribution is 5.60. The lowest BCUT2D eigenvalue weighted by atomic mass is 10.0. The zero-order valence-corrected chi connectivity index (χ0v) is 12.2. The van der Waals surface area contributed by atoms with Crippen LogP contribution in [0.15, 0.2) is 23.2 Å². The molecule has 0 spiro atoms. The monoisotopic (exact) mass is 267 g/mol. The van der Waals surface area contributed by atoms with Gasteiger partial charge < -0.3 is 9.47 Å². The molecular formula is C17H17NO2. The summed E-state index contributed by atoms with van der Waals surface area (Å²) in [5.41, 5.74) is 3.99. The fourth-order valence-electron chi connectivity index (χ4n) is 2.52. The van der Waals surface area contributed by atoms with Gasteiger partial charge in [0.25, 0.3) is 0 Å². The molecule has 0 unspecified atom stereocenters. The fourth-order valence-corrected chi connectivity index (χ4v) is 2.52. The van der Waals surface area contributed by atoms with Crippen LogP contribution in [0.3, 0.4) is 0 Å². The molecule has 102 valence electrons. The molecule has 0 fully saturated rings. The molecule has 1 heterocycles. The highest BCUT2D eigenvalue weighted by Crippen LogP contribution is 2.36. The summed E-state index contributed by atoms with van der Waals surface area (Å²) in [5, 5.41) is 1.69. The summed E-state index contributed by atoms with van der Waals surface area (Å²) in [6, 6.07) is 5.99. The molecule has 0 saturated heterocycles. The molecule has 0 bridgehead atoms. The Morgan fingerprint density at radius 3 is 2.60 bits per heavy atom. The molecule has 0 aromatic heterocycles. The zero-order chi connectivity index (χ0) is 14.4. The molecule has 3 nitrogen and oxygen atoms in total. The van der Waals surface area contributed by atoms with E-state index in [0.29, 0.717) is 0 Å². The molecule has 2 aromatic rings. The molecule has 1 aliphatic heterocycles. The summed E-state index contributed by atoms with van der Waals surface area (Å²) in [5.74, 6) is 2.27. The minimum Gasteiger partial charge on any atom is -0.494 e. The maximum absolute atomic E-state index is 6.05. The van der Waals surface area contributed by atoms with Gasteiger partial charge in [-0.05, 0) is 43.7 Å². The van der Waals surface area contributed by atoms with Crippen LogP contribution in [0.4, 0.5) is 5.69 Å². The van der Waals surface area contributed by atoms with Crippen molar-refractivity contribution in [2.45, 2.75) is 20.8 Å². The van der Waals surface area contributed by atoms with Gasteiger partial charge in [0, 0.05) is 11.1 Å². The fraction of sp³-hybridized carbons (Fsp3) is 0.235. The van der Waals surface area contributed by atoms with Gasteiger partial charge in [-0.15, -0.1) is 0 Å². The maximum atomic E-state index is 6.05. The van der Waals surface area contributed by atoms with Crippen LogP contribution in [0.25, 0.3) is 6.58 Å². The Morgan fingerprint density at radius 2 is 1.90 bits per heavy atom. The first-order chi connectivity index (χ1) is 9.52. The van der Waals surface area contributed by atoms with E-state index in [0.717, 1.165) is 50.2 Å². The van der Waals surface area contributed by atoms with Crippen LogP contribution < -0.4 is 20.0 Å². The van der Waals surface area contributed by atoms with E-state index < -0.39 is 0 Å². The van der Waals surface area contributed by atoms with Gasteiger partial charge in [0.2, 0.25) is 0 Å². The number of fused-ring (bicyclic) bond motifs is 2. The molecule has 0 N–H and O–H groups in total. The van der Waals surface area contributed by atoms with Crippen molar-refractivity contribution >= 4 is 12.3 Å². The van der Waals surface area contributed by atoms with E-state index in [1.54, 1.807) is 7.11 Å². The van der Waals surface area contributed by atoms with E-state index in [9.17, 15) is 0 Å². The molecule has 0 saturated carbocycles. The molecule has 0 radical (unpaired) electrons. The number of hydrogen-bond acceptors (Lipinski definition) is 3. The van der Waals surface area contributed by atoms with Gasteiger partial charge in [-0.3, -0.25) is 0 Å². The number of rotatable bonds is 1. The maximum Gasteiger partial charge on any atom is 0.160 e. The first-order valence-corrected chi connectivity index (χ1v) is 6.56. The predicted molar refractivity (Wildman–Crippen MR) is 79.7 cm³/mol. The van der Waals surface area contributed by atoms with Crippen LogP contribution in [-0.2, 0) is 0 Å². The number of hydrogen-bond donors (Lipinski definition) is 0. The zero-order valence-electron chi connectivity index (χ0n) is 12.2. The van der Waals surface area contributed by atoms with Crippen LogP contribution in [-0.4, -0.2) is 7.11 Å². The Morgan fingerprint density at radius 1 is 1.15 bits per heavy atom. The highest BCUT2D eigenvalue weighted by atomic mass is 16.5. The second-order valence-corrected chi connectivity index (χ2v) is 5.12. The van der Waals surface area contributed by atoms with E-state index in [1.165, 1.54) is 0 Å². The summed E-state index contributed by atoms with van der Waals surface area (Å²) < 4.78 is 11.6. The van der Waals surface area contributed by atoms with Crippen molar-refractivity contribution in [2.75, 3.05) is 7.11 Å². The van der Waals surface area contributed by atoms with Crippen molar-refractivity contribution in [3.63, 3.8) is 0 Å². The second kappa shape index (κ2) is 4.37. The SMILES string of the molecule is C=c1c(C)c(OC)c2c(c1C)Oc1cc(C)ccc1N=2. The van der Waals surface area contributed by atoms with Crippen LogP contribution in [0, 0.1) is 20.8 Å². The lowest BCUT2D eigenvalue weighted by Crippen LogP contribution is -2.23. The standard InChI is InChI=1S/C17H17NO2/c1-9-6-7-13-14(8-9)20-17-12(4)10(2)11(3)16(19-5)15(17)18-13/h6-8H,2H2,1,3-5H3. The van der Waals surface area contributed by atoms with E-state index in [4.69, 9.17) is 14.5 Å². The molecule has 20 heavy (non-hydrogen) atoms. The summed E-state index contributed by atoms with van der Waals surface area (Å²) in [7, 11) is 1.65. The summed E-state index contributed by atoms with van der Waals surface area (Å²) in [4.78, 5) is 4.71. The van der Waals surface area contributed by atoms with Crippen LogP contribution in [0.2, 0.25) is 0 Å². The molecule has 3 rings (SSSR count). The van der Waals surface area contributed by atoms with Gasteiger partial charge in [0.1, 0.15) is 11.0 Å². The third-order valence-electron chi connectivity index (χ3n) is 3.78. The first kappa shape index (κ1) is 12.7.